The van der Waals surface area contributed by atoms with Gasteiger partial charge in [0.05, 0.1) is 11.0 Å². The largest absolute Gasteiger partial charge is 0.392 e. The van der Waals surface area contributed by atoms with Crippen LogP contribution >= 0.6 is 39.5 Å². The third-order valence-corrected chi connectivity index (χ3v) is 4.91. The first-order chi connectivity index (χ1) is 7.18. The Hall–Kier alpha value is 0.0300. The molecule has 0 radical (unpaired) electrons. The summed E-state index contributed by atoms with van der Waals surface area (Å²) in [5.74, 6) is 0. The van der Waals surface area contributed by atoms with Gasteiger partial charge in [-0.2, -0.15) is 0 Å². The van der Waals surface area contributed by atoms with Gasteiger partial charge >= 0.3 is 0 Å². The molecule has 1 unspecified atom stereocenters. The van der Waals surface area contributed by atoms with Crippen molar-refractivity contribution in [3.63, 3.8) is 0 Å². The Morgan fingerprint density at radius 1 is 1.73 bits per heavy atom. The second-order valence-corrected chi connectivity index (χ2v) is 6.05. The minimum absolute atomic E-state index is 0.300. The molecule has 1 fully saturated rings. The maximum Gasteiger partial charge on any atom is 0.0902 e. The standard InChI is InChI=1S/C10H13BrN2S2/c11-7-3-5-15-9(7)6-13-4-1-2-8(13)10(12)14/h3,5,8H,1-2,4,6H2,(H2,12,14). The summed E-state index contributed by atoms with van der Waals surface area (Å²) in [6, 6.07) is 2.39. The Bertz CT molecular complexity index is 364. The first-order valence-corrected chi connectivity index (χ1v) is 7.02. The summed E-state index contributed by atoms with van der Waals surface area (Å²) in [7, 11) is 0. The molecule has 5 heteroatoms. The molecule has 1 aromatic heterocycles. The molecule has 0 spiro atoms. The molecule has 1 saturated heterocycles. The number of hydrogen-bond acceptors (Lipinski definition) is 3. The normalized spacial score (nSPS) is 22.1. The highest BCUT2D eigenvalue weighted by Crippen LogP contribution is 2.27. The van der Waals surface area contributed by atoms with E-state index in [1.165, 1.54) is 15.8 Å². The van der Waals surface area contributed by atoms with Crippen molar-refractivity contribution in [2.45, 2.75) is 25.4 Å². The van der Waals surface area contributed by atoms with Gasteiger partial charge < -0.3 is 5.73 Å². The van der Waals surface area contributed by atoms with Gasteiger partial charge in [0, 0.05) is 15.9 Å². The van der Waals surface area contributed by atoms with E-state index in [-0.39, 0.29) is 0 Å². The minimum atomic E-state index is 0.300. The lowest BCUT2D eigenvalue weighted by Gasteiger charge is -2.22. The van der Waals surface area contributed by atoms with Crippen molar-refractivity contribution in [2.24, 2.45) is 5.73 Å². The second-order valence-electron chi connectivity index (χ2n) is 3.72. The molecule has 2 N–H and O–H groups in total. The maximum atomic E-state index is 5.74. The molecular weight excluding hydrogens is 292 g/mol. The van der Waals surface area contributed by atoms with E-state index in [1.54, 1.807) is 11.3 Å². The van der Waals surface area contributed by atoms with E-state index in [2.05, 4.69) is 32.3 Å². The lowest BCUT2D eigenvalue weighted by molar-refractivity contribution is 0.297. The third kappa shape index (κ3) is 2.58. The van der Waals surface area contributed by atoms with E-state index in [4.69, 9.17) is 18.0 Å². The van der Waals surface area contributed by atoms with Crippen LogP contribution in [0.5, 0.6) is 0 Å². The van der Waals surface area contributed by atoms with E-state index < -0.39 is 0 Å². The summed E-state index contributed by atoms with van der Waals surface area (Å²) in [6.07, 6.45) is 2.31. The minimum Gasteiger partial charge on any atom is -0.392 e. The quantitative estimate of drug-likeness (QED) is 0.871. The molecule has 1 aliphatic heterocycles. The van der Waals surface area contributed by atoms with Gasteiger partial charge in [-0.15, -0.1) is 11.3 Å². The molecule has 0 aliphatic carbocycles. The summed E-state index contributed by atoms with van der Waals surface area (Å²) >= 11 is 10.4. The highest BCUT2D eigenvalue weighted by Gasteiger charge is 2.27. The number of likely N-dealkylation sites (tertiary alicyclic amines) is 1. The predicted octanol–water partition coefficient (Wildman–Crippen LogP) is 2.76. The van der Waals surface area contributed by atoms with Gasteiger partial charge in [0.15, 0.2) is 0 Å². The highest BCUT2D eigenvalue weighted by molar-refractivity contribution is 9.10. The second kappa shape index (κ2) is 4.91. The van der Waals surface area contributed by atoms with Gasteiger partial charge in [0.2, 0.25) is 0 Å². The van der Waals surface area contributed by atoms with Gasteiger partial charge in [-0.1, -0.05) is 12.2 Å². The molecule has 1 aliphatic rings. The molecule has 82 valence electrons. The molecule has 15 heavy (non-hydrogen) atoms. The van der Waals surface area contributed by atoms with Crippen LogP contribution in [0, 0.1) is 0 Å². The van der Waals surface area contributed by atoms with Crippen LogP contribution in [0.2, 0.25) is 0 Å². The number of thiocarbonyl (C=S) groups is 1. The molecule has 2 nitrogen and oxygen atoms in total. The van der Waals surface area contributed by atoms with Crippen molar-refractivity contribution in [1.29, 1.82) is 0 Å². The SMILES string of the molecule is NC(=S)C1CCCN1Cc1sccc1Br. The van der Waals surface area contributed by atoms with Crippen molar-refractivity contribution in [1.82, 2.24) is 4.90 Å². The summed E-state index contributed by atoms with van der Waals surface area (Å²) in [6.45, 7) is 2.06. The molecular formula is C10H13BrN2S2. The first-order valence-electron chi connectivity index (χ1n) is 4.93. The Morgan fingerprint density at radius 3 is 3.13 bits per heavy atom. The van der Waals surface area contributed by atoms with E-state index in [0.29, 0.717) is 11.0 Å². The van der Waals surface area contributed by atoms with Crippen LogP contribution in [0.4, 0.5) is 0 Å². The van der Waals surface area contributed by atoms with Gasteiger partial charge in [0.25, 0.3) is 0 Å². The number of nitrogens with zero attached hydrogens (tertiary/aromatic N) is 1. The van der Waals surface area contributed by atoms with Crippen LogP contribution in [0.25, 0.3) is 0 Å². The molecule has 0 amide bonds. The molecule has 2 heterocycles. The van der Waals surface area contributed by atoms with E-state index in [1.807, 2.05) is 0 Å². The van der Waals surface area contributed by atoms with Crippen molar-refractivity contribution < 1.29 is 0 Å². The fraction of sp³-hybridized carbons (Fsp3) is 0.500. The Balaban J connectivity index is 2.06. The number of thiophene rings is 1. The fourth-order valence-corrected chi connectivity index (χ4v) is 3.73. The Kier molecular flexibility index (Phi) is 3.77. The van der Waals surface area contributed by atoms with E-state index in [9.17, 15) is 0 Å². The van der Waals surface area contributed by atoms with Gasteiger partial charge in [0.1, 0.15) is 0 Å². The number of halogens is 1. The molecule has 1 atom stereocenters. The monoisotopic (exact) mass is 304 g/mol. The van der Waals surface area contributed by atoms with Crippen LogP contribution in [0.1, 0.15) is 17.7 Å². The maximum absolute atomic E-state index is 5.74. The van der Waals surface area contributed by atoms with Crippen molar-refractivity contribution >= 4 is 44.5 Å². The molecule has 2 rings (SSSR count). The fourth-order valence-electron chi connectivity index (χ4n) is 1.96. The zero-order valence-corrected chi connectivity index (χ0v) is 11.5. The summed E-state index contributed by atoms with van der Waals surface area (Å²) in [5, 5.41) is 2.10. The summed E-state index contributed by atoms with van der Waals surface area (Å²) in [4.78, 5) is 4.37. The zero-order valence-electron chi connectivity index (χ0n) is 8.28. The van der Waals surface area contributed by atoms with Crippen LogP contribution < -0.4 is 5.73 Å². The highest BCUT2D eigenvalue weighted by atomic mass is 79.9. The predicted molar refractivity (Wildman–Crippen MR) is 72.2 cm³/mol. The van der Waals surface area contributed by atoms with Crippen molar-refractivity contribution in [2.75, 3.05) is 6.54 Å². The molecule has 1 aromatic rings. The molecule has 0 aromatic carbocycles. The molecule has 0 bridgehead atoms. The molecule has 0 saturated carbocycles. The third-order valence-electron chi connectivity index (χ3n) is 2.73. The van der Waals surface area contributed by atoms with E-state index in [0.717, 1.165) is 19.5 Å². The zero-order chi connectivity index (χ0) is 10.8. The van der Waals surface area contributed by atoms with E-state index >= 15 is 0 Å². The lowest BCUT2D eigenvalue weighted by Crippen LogP contribution is -2.38. The topological polar surface area (TPSA) is 29.3 Å². The van der Waals surface area contributed by atoms with Gasteiger partial charge in [-0.3, -0.25) is 4.90 Å². The average molecular weight is 305 g/mol. The Labute approximate surface area is 108 Å². The lowest BCUT2D eigenvalue weighted by atomic mass is 10.2. The van der Waals surface area contributed by atoms with Gasteiger partial charge in [-0.05, 0) is 46.8 Å². The number of rotatable bonds is 3. The average Bonchev–Trinajstić information content (AvgIpc) is 2.77. The Morgan fingerprint density at radius 2 is 2.53 bits per heavy atom. The smallest absolute Gasteiger partial charge is 0.0902 e. The van der Waals surface area contributed by atoms with Crippen LogP contribution in [0.15, 0.2) is 15.9 Å². The van der Waals surface area contributed by atoms with Crippen LogP contribution in [-0.4, -0.2) is 22.5 Å². The summed E-state index contributed by atoms with van der Waals surface area (Å²) < 4.78 is 1.20. The van der Waals surface area contributed by atoms with Crippen LogP contribution in [0.3, 0.4) is 0 Å². The van der Waals surface area contributed by atoms with Gasteiger partial charge in [-0.25, -0.2) is 0 Å². The summed E-state index contributed by atoms with van der Waals surface area (Å²) in [5.41, 5.74) is 5.74. The number of hydrogen-bond donors (Lipinski definition) is 1. The number of nitrogens with two attached hydrogens (primary N) is 1. The van der Waals surface area contributed by atoms with Crippen molar-refractivity contribution in [3.8, 4) is 0 Å². The first kappa shape index (κ1) is 11.5. The van der Waals surface area contributed by atoms with Crippen molar-refractivity contribution in [3.05, 3.63) is 20.8 Å². The van der Waals surface area contributed by atoms with Crippen LogP contribution in [-0.2, 0) is 6.54 Å².